The maximum absolute atomic E-state index is 11.9. The summed E-state index contributed by atoms with van der Waals surface area (Å²) in [7, 11) is 0. The van der Waals surface area contributed by atoms with Crippen LogP contribution >= 0.6 is 23.7 Å². The van der Waals surface area contributed by atoms with Crippen LogP contribution in [0.3, 0.4) is 0 Å². The molecular formula is C13H20ClN3O2S. The van der Waals surface area contributed by atoms with Crippen LogP contribution in [-0.4, -0.2) is 36.7 Å². The minimum atomic E-state index is -0.0108. The van der Waals surface area contributed by atoms with Crippen LogP contribution in [0, 0.1) is 0 Å². The summed E-state index contributed by atoms with van der Waals surface area (Å²) >= 11 is 1.63. The van der Waals surface area contributed by atoms with E-state index >= 15 is 0 Å². The lowest BCUT2D eigenvalue weighted by molar-refractivity contribution is -0.119. The van der Waals surface area contributed by atoms with Crippen LogP contribution in [0.1, 0.15) is 29.8 Å². The van der Waals surface area contributed by atoms with E-state index in [4.69, 9.17) is 4.74 Å². The molecule has 1 fully saturated rings. The second-order valence-electron chi connectivity index (χ2n) is 5.05. The highest BCUT2D eigenvalue weighted by Gasteiger charge is 2.20. The van der Waals surface area contributed by atoms with Crippen molar-refractivity contribution in [3.8, 4) is 0 Å². The van der Waals surface area contributed by atoms with Gasteiger partial charge in [-0.05, 0) is 25.7 Å². The second kappa shape index (κ2) is 7.36. The molecule has 0 bridgehead atoms. The van der Waals surface area contributed by atoms with Gasteiger partial charge in [0.2, 0.25) is 5.91 Å². The number of carbonyl (C=O) groups excluding carboxylic acids is 1. The van der Waals surface area contributed by atoms with E-state index in [-0.39, 0.29) is 24.4 Å². The third-order valence-electron chi connectivity index (χ3n) is 3.51. The normalized spacial score (nSPS) is 21.7. The zero-order chi connectivity index (χ0) is 13.1. The van der Waals surface area contributed by atoms with Crippen LogP contribution in [0.25, 0.3) is 0 Å². The Balaban J connectivity index is 0.00000147. The predicted molar refractivity (Wildman–Crippen MR) is 81.9 cm³/mol. The number of thiazole rings is 1. The van der Waals surface area contributed by atoms with Crippen molar-refractivity contribution in [1.82, 2.24) is 10.3 Å². The smallest absolute Gasteiger partial charge is 0.228 e. The Hall–Kier alpha value is -0.690. The van der Waals surface area contributed by atoms with Gasteiger partial charge in [-0.3, -0.25) is 4.79 Å². The Morgan fingerprint density at radius 2 is 2.30 bits per heavy atom. The first-order valence-electron chi connectivity index (χ1n) is 6.92. The topological polar surface area (TPSA) is 63.2 Å². The predicted octanol–water partition coefficient (Wildman–Crippen LogP) is 1.76. The van der Waals surface area contributed by atoms with E-state index in [2.05, 4.69) is 15.6 Å². The lowest BCUT2D eigenvalue weighted by atomic mass is 10.0. The van der Waals surface area contributed by atoms with Crippen molar-refractivity contribution in [3.05, 3.63) is 10.6 Å². The number of carbonyl (C=O) groups is 1. The molecule has 0 radical (unpaired) electrons. The van der Waals surface area contributed by atoms with Gasteiger partial charge in [-0.2, -0.15) is 0 Å². The third-order valence-corrected chi connectivity index (χ3v) is 4.58. The summed E-state index contributed by atoms with van der Waals surface area (Å²) < 4.78 is 5.53. The molecule has 2 aliphatic rings. The van der Waals surface area contributed by atoms with Gasteiger partial charge in [-0.25, -0.2) is 4.98 Å². The molecule has 1 aliphatic heterocycles. The molecule has 1 saturated heterocycles. The minimum Gasteiger partial charge on any atom is -0.375 e. The highest BCUT2D eigenvalue weighted by atomic mass is 35.5. The maximum Gasteiger partial charge on any atom is 0.228 e. The van der Waals surface area contributed by atoms with E-state index in [9.17, 15) is 4.79 Å². The van der Waals surface area contributed by atoms with E-state index in [0.29, 0.717) is 13.0 Å². The summed E-state index contributed by atoms with van der Waals surface area (Å²) in [6.45, 7) is 2.31. The van der Waals surface area contributed by atoms with Crippen molar-refractivity contribution in [2.45, 2.75) is 38.2 Å². The fraction of sp³-hybridized carbons (Fsp3) is 0.692. The highest BCUT2D eigenvalue weighted by Crippen LogP contribution is 2.29. The summed E-state index contributed by atoms with van der Waals surface area (Å²) in [5, 5.41) is 6.88. The molecule has 7 heteroatoms. The molecule has 2 heterocycles. The number of fused-ring (bicyclic) bond motifs is 1. The molecule has 0 aromatic carbocycles. The molecule has 2 N–H and O–H groups in total. The van der Waals surface area contributed by atoms with E-state index in [1.807, 2.05) is 0 Å². The van der Waals surface area contributed by atoms with Crippen molar-refractivity contribution in [2.75, 3.05) is 25.0 Å². The molecule has 3 rings (SSSR count). The lowest BCUT2D eigenvalue weighted by Crippen LogP contribution is -2.40. The summed E-state index contributed by atoms with van der Waals surface area (Å²) in [5.41, 5.74) is 1.18. The van der Waals surface area contributed by atoms with Crippen LogP contribution < -0.4 is 10.6 Å². The molecule has 20 heavy (non-hydrogen) atoms. The Bertz CT molecular complexity index is 437. The molecule has 112 valence electrons. The molecule has 5 nitrogen and oxygen atoms in total. The molecule has 0 saturated carbocycles. The molecule has 0 spiro atoms. The van der Waals surface area contributed by atoms with Crippen LogP contribution in [0.4, 0.5) is 5.13 Å². The number of halogens is 1. The van der Waals surface area contributed by atoms with Gasteiger partial charge >= 0.3 is 0 Å². The SMILES string of the molecule is Cl.O=C(CC1CNCCO1)Nc1nc2c(s1)CCCC2. The fourth-order valence-electron chi connectivity index (χ4n) is 2.53. The number of ether oxygens (including phenoxy) is 1. The number of aromatic nitrogens is 1. The van der Waals surface area contributed by atoms with Crippen molar-refractivity contribution < 1.29 is 9.53 Å². The Labute approximate surface area is 128 Å². The van der Waals surface area contributed by atoms with Crippen LogP contribution in [0.15, 0.2) is 0 Å². The first-order valence-corrected chi connectivity index (χ1v) is 7.73. The fourth-order valence-corrected chi connectivity index (χ4v) is 3.60. The average Bonchev–Trinajstić information content (AvgIpc) is 2.81. The molecule has 1 amide bonds. The third kappa shape index (κ3) is 3.91. The van der Waals surface area contributed by atoms with Gasteiger partial charge in [-0.15, -0.1) is 23.7 Å². The van der Waals surface area contributed by atoms with Gasteiger partial charge in [-0.1, -0.05) is 0 Å². The number of hydrogen-bond acceptors (Lipinski definition) is 5. The molecular weight excluding hydrogens is 298 g/mol. The molecule has 1 aliphatic carbocycles. The van der Waals surface area contributed by atoms with Crippen molar-refractivity contribution in [2.24, 2.45) is 0 Å². The van der Waals surface area contributed by atoms with Gasteiger partial charge in [0.15, 0.2) is 5.13 Å². The maximum atomic E-state index is 11.9. The average molecular weight is 318 g/mol. The number of nitrogens with one attached hydrogen (secondary N) is 2. The van der Waals surface area contributed by atoms with Gasteiger partial charge in [0.05, 0.1) is 24.8 Å². The largest absolute Gasteiger partial charge is 0.375 e. The number of rotatable bonds is 3. The van der Waals surface area contributed by atoms with Gasteiger partial charge in [0, 0.05) is 18.0 Å². The van der Waals surface area contributed by atoms with E-state index in [1.54, 1.807) is 11.3 Å². The Morgan fingerprint density at radius 3 is 3.05 bits per heavy atom. The van der Waals surface area contributed by atoms with Gasteiger partial charge in [0.25, 0.3) is 0 Å². The number of aryl methyl sites for hydroxylation is 2. The number of hydrogen-bond donors (Lipinski definition) is 2. The van der Waals surface area contributed by atoms with Crippen molar-refractivity contribution in [3.63, 3.8) is 0 Å². The van der Waals surface area contributed by atoms with Crippen molar-refractivity contribution in [1.29, 1.82) is 0 Å². The lowest BCUT2D eigenvalue weighted by Gasteiger charge is -2.22. The molecule has 1 unspecified atom stereocenters. The highest BCUT2D eigenvalue weighted by molar-refractivity contribution is 7.15. The second-order valence-corrected chi connectivity index (χ2v) is 6.13. The number of amides is 1. The van der Waals surface area contributed by atoms with E-state index in [0.717, 1.165) is 31.1 Å². The van der Waals surface area contributed by atoms with Gasteiger partial charge < -0.3 is 15.4 Å². The number of anilines is 1. The Kier molecular flexibility index (Phi) is 5.77. The molecule has 1 aromatic rings. The summed E-state index contributed by atoms with van der Waals surface area (Å²) in [6, 6.07) is 0. The van der Waals surface area contributed by atoms with E-state index in [1.165, 1.54) is 23.4 Å². The Morgan fingerprint density at radius 1 is 1.45 bits per heavy atom. The summed E-state index contributed by atoms with van der Waals surface area (Å²) in [4.78, 5) is 17.8. The summed E-state index contributed by atoms with van der Waals surface area (Å²) in [5.74, 6) is -0.000188. The monoisotopic (exact) mass is 317 g/mol. The molecule has 1 atom stereocenters. The quantitative estimate of drug-likeness (QED) is 0.891. The van der Waals surface area contributed by atoms with Crippen LogP contribution in [-0.2, 0) is 22.4 Å². The van der Waals surface area contributed by atoms with Gasteiger partial charge in [0.1, 0.15) is 0 Å². The zero-order valence-corrected chi connectivity index (χ0v) is 12.9. The summed E-state index contributed by atoms with van der Waals surface area (Å²) in [6.07, 6.45) is 5.01. The number of morpholine rings is 1. The van der Waals surface area contributed by atoms with Crippen LogP contribution in [0.5, 0.6) is 0 Å². The van der Waals surface area contributed by atoms with Crippen LogP contribution in [0.2, 0.25) is 0 Å². The standard InChI is InChI=1S/C13H19N3O2S.ClH/c17-12(7-9-8-14-5-6-18-9)16-13-15-10-3-1-2-4-11(10)19-13;/h9,14H,1-8H2,(H,15,16,17);1H. The first kappa shape index (κ1) is 15.7. The molecule has 1 aromatic heterocycles. The first-order chi connectivity index (χ1) is 9.31. The zero-order valence-electron chi connectivity index (χ0n) is 11.3. The minimum absolute atomic E-state index is 0. The number of nitrogens with zero attached hydrogens (tertiary/aromatic N) is 1. The van der Waals surface area contributed by atoms with Crippen molar-refractivity contribution >= 4 is 34.8 Å². The van der Waals surface area contributed by atoms with E-state index < -0.39 is 0 Å².